The number of rotatable bonds is 5. The van der Waals surface area contributed by atoms with Gasteiger partial charge in [-0.1, -0.05) is 18.2 Å². The van der Waals surface area contributed by atoms with Crippen LogP contribution >= 0.6 is 0 Å². The topological polar surface area (TPSA) is 115 Å². The SMILES string of the molecule is COc1ccc(-c2nc(C(=O)N3CCN(C(=O)c4ccccc4C)CC3)c(CN)o2)c2ccc(C(F)(F)F)nc12. The van der Waals surface area contributed by atoms with Gasteiger partial charge in [-0.15, -0.1) is 0 Å². The van der Waals surface area contributed by atoms with Crippen LogP contribution in [0.1, 0.15) is 37.9 Å². The van der Waals surface area contributed by atoms with Crippen molar-refractivity contribution < 1.29 is 31.9 Å². The number of nitrogens with zero attached hydrogens (tertiary/aromatic N) is 4. The van der Waals surface area contributed by atoms with Crippen LogP contribution < -0.4 is 10.5 Å². The minimum Gasteiger partial charge on any atom is -0.494 e. The molecule has 0 atom stereocenters. The molecule has 1 saturated heterocycles. The molecule has 0 radical (unpaired) electrons. The minimum atomic E-state index is -4.64. The van der Waals surface area contributed by atoms with Crippen molar-refractivity contribution in [1.82, 2.24) is 19.8 Å². The van der Waals surface area contributed by atoms with Gasteiger partial charge < -0.3 is 24.7 Å². The van der Waals surface area contributed by atoms with E-state index in [1.54, 1.807) is 21.9 Å². The number of aryl methyl sites for hydroxylation is 1. The Hall–Kier alpha value is -4.45. The molecule has 40 heavy (non-hydrogen) atoms. The maximum absolute atomic E-state index is 13.4. The highest BCUT2D eigenvalue weighted by atomic mass is 19.4. The number of oxazole rings is 1. The van der Waals surface area contributed by atoms with Gasteiger partial charge in [0.15, 0.2) is 11.5 Å². The number of nitrogens with two attached hydrogens (primary N) is 1. The van der Waals surface area contributed by atoms with Crippen molar-refractivity contribution in [2.75, 3.05) is 33.3 Å². The smallest absolute Gasteiger partial charge is 0.433 e. The Kier molecular flexibility index (Phi) is 7.19. The zero-order chi connectivity index (χ0) is 28.6. The summed E-state index contributed by atoms with van der Waals surface area (Å²) in [5.41, 5.74) is 6.62. The lowest BCUT2D eigenvalue weighted by Crippen LogP contribution is -2.50. The number of hydrogen-bond acceptors (Lipinski definition) is 7. The Morgan fingerprint density at radius 3 is 2.27 bits per heavy atom. The van der Waals surface area contributed by atoms with Gasteiger partial charge in [-0.2, -0.15) is 13.2 Å². The van der Waals surface area contributed by atoms with E-state index in [1.165, 1.54) is 19.2 Å². The van der Waals surface area contributed by atoms with E-state index in [-0.39, 0.29) is 54.2 Å². The second-order valence-electron chi connectivity index (χ2n) is 9.30. The van der Waals surface area contributed by atoms with Crippen LogP contribution in [0.15, 0.2) is 52.9 Å². The quantitative estimate of drug-likeness (QED) is 0.392. The molecule has 9 nitrogen and oxygen atoms in total. The number of carbonyl (C=O) groups is 2. The van der Waals surface area contributed by atoms with Gasteiger partial charge >= 0.3 is 6.18 Å². The van der Waals surface area contributed by atoms with Crippen molar-refractivity contribution >= 4 is 22.7 Å². The van der Waals surface area contributed by atoms with Crippen molar-refractivity contribution in [2.24, 2.45) is 5.73 Å². The lowest BCUT2D eigenvalue weighted by molar-refractivity contribution is -0.140. The van der Waals surface area contributed by atoms with Gasteiger partial charge in [0, 0.05) is 42.7 Å². The molecule has 2 aromatic heterocycles. The molecule has 5 rings (SSSR count). The fourth-order valence-corrected chi connectivity index (χ4v) is 4.72. The molecule has 1 fully saturated rings. The number of fused-ring (bicyclic) bond motifs is 1. The number of amides is 2. The number of methoxy groups -OCH3 is 1. The third kappa shape index (κ3) is 4.97. The summed E-state index contributed by atoms with van der Waals surface area (Å²) < 4.78 is 51.0. The Bertz CT molecular complexity index is 1590. The average molecular weight is 554 g/mol. The zero-order valence-corrected chi connectivity index (χ0v) is 21.8. The molecule has 2 N–H and O–H groups in total. The van der Waals surface area contributed by atoms with Gasteiger partial charge in [0.25, 0.3) is 11.8 Å². The predicted molar refractivity (Wildman–Crippen MR) is 140 cm³/mol. The molecular formula is C28H26F3N5O4. The molecule has 1 aliphatic rings. The van der Waals surface area contributed by atoms with Crippen LogP contribution in [0.5, 0.6) is 5.75 Å². The third-order valence-electron chi connectivity index (χ3n) is 6.88. The summed E-state index contributed by atoms with van der Waals surface area (Å²) in [5, 5.41) is 0.305. The Morgan fingerprint density at radius 1 is 0.975 bits per heavy atom. The first-order chi connectivity index (χ1) is 19.1. The molecule has 0 bridgehead atoms. The molecular weight excluding hydrogens is 527 g/mol. The molecule has 4 aromatic rings. The Morgan fingerprint density at radius 2 is 1.65 bits per heavy atom. The van der Waals surface area contributed by atoms with Crippen molar-refractivity contribution in [2.45, 2.75) is 19.6 Å². The summed E-state index contributed by atoms with van der Waals surface area (Å²) in [4.78, 5) is 37.8. The van der Waals surface area contributed by atoms with Crippen LogP contribution in [0, 0.1) is 6.92 Å². The van der Waals surface area contributed by atoms with Gasteiger partial charge in [-0.3, -0.25) is 9.59 Å². The summed E-state index contributed by atoms with van der Waals surface area (Å²) in [5.74, 6) is -0.197. The lowest BCUT2D eigenvalue weighted by Gasteiger charge is -2.34. The van der Waals surface area contributed by atoms with Crippen LogP contribution in [0.2, 0.25) is 0 Å². The summed E-state index contributed by atoms with van der Waals surface area (Å²) in [7, 11) is 1.33. The molecule has 2 aromatic carbocycles. The van der Waals surface area contributed by atoms with Gasteiger partial charge in [0.05, 0.1) is 13.7 Å². The van der Waals surface area contributed by atoms with Crippen LogP contribution in [0.3, 0.4) is 0 Å². The van der Waals surface area contributed by atoms with E-state index in [0.29, 0.717) is 29.6 Å². The standard InChI is InChI=1S/C28H26F3N5O4/c1-16-5-3-4-6-17(16)26(37)35-11-13-36(14-12-35)27(38)24-21(15-32)40-25(34-24)19-7-9-20(39-2)23-18(19)8-10-22(33-23)28(29,30)31/h3-10H,11-15,32H2,1-2H3. The Balaban J connectivity index is 1.41. The summed E-state index contributed by atoms with van der Waals surface area (Å²) in [6.07, 6.45) is -4.64. The summed E-state index contributed by atoms with van der Waals surface area (Å²) in [6.45, 7) is 3.03. The number of pyridine rings is 1. The van der Waals surface area contributed by atoms with Crippen molar-refractivity contribution in [3.63, 3.8) is 0 Å². The van der Waals surface area contributed by atoms with E-state index in [9.17, 15) is 22.8 Å². The predicted octanol–water partition coefficient (Wildman–Crippen LogP) is 4.28. The van der Waals surface area contributed by atoms with E-state index in [2.05, 4.69) is 9.97 Å². The van der Waals surface area contributed by atoms with Crippen molar-refractivity contribution in [1.29, 1.82) is 0 Å². The first-order valence-corrected chi connectivity index (χ1v) is 12.5. The number of carbonyl (C=O) groups excluding carboxylic acids is 2. The maximum Gasteiger partial charge on any atom is 0.433 e. The first-order valence-electron chi connectivity index (χ1n) is 12.5. The maximum atomic E-state index is 13.4. The monoisotopic (exact) mass is 553 g/mol. The van der Waals surface area contributed by atoms with Gasteiger partial charge in [0.1, 0.15) is 17.0 Å². The number of benzene rings is 2. The molecule has 0 unspecified atom stereocenters. The minimum absolute atomic E-state index is 0.0139. The normalized spacial score (nSPS) is 14.1. The largest absolute Gasteiger partial charge is 0.494 e. The van der Waals surface area contributed by atoms with Gasteiger partial charge in [-0.05, 0) is 42.8 Å². The first kappa shape index (κ1) is 27.1. The number of piperazine rings is 1. The third-order valence-corrected chi connectivity index (χ3v) is 6.88. The molecule has 0 saturated carbocycles. The number of aromatic nitrogens is 2. The fourth-order valence-electron chi connectivity index (χ4n) is 4.72. The molecule has 208 valence electrons. The summed E-state index contributed by atoms with van der Waals surface area (Å²) >= 11 is 0. The van der Waals surface area contributed by atoms with Crippen LogP contribution in [0.4, 0.5) is 13.2 Å². The van der Waals surface area contributed by atoms with E-state index in [0.717, 1.165) is 11.6 Å². The highest BCUT2D eigenvalue weighted by molar-refractivity contribution is 5.99. The van der Waals surface area contributed by atoms with Crippen molar-refractivity contribution in [3.05, 3.63) is 76.8 Å². The van der Waals surface area contributed by atoms with E-state index < -0.39 is 17.8 Å². The second kappa shape index (κ2) is 10.6. The molecule has 2 amide bonds. The van der Waals surface area contributed by atoms with Gasteiger partial charge in [-0.25, -0.2) is 9.97 Å². The van der Waals surface area contributed by atoms with E-state index in [1.807, 2.05) is 25.1 Å². The van der Waals surface area contributed by atoms with Crippen LogP contribution in [-0.4, -0.2) is 64.9 Å². The number of hydrogen-bond donors (Lipinski definition) is 1. The molecule has 0 spiro atoms. The Labute approximate surface area is 227 Å². The van der Waals surface area contributed by atoms with Gasteiger partial charge in [0.2, 0.25) is 5.89 Å². The van der Waals surface area contributed by atoms with Crippen molar-refractivity contribution in [3.8, 4) is 17.2 Å². The molecule has 0 aliphatic carbocycles. The molecule has 3 heterocycles. The fraction of sp³-hybridized carbons (Fsp3) is 0.286. The molecule has 1 aliphatic heterocycles. The summed E-state index contributed by atoms with van der Waals surface area (Å²) in [6, 6.07) is 12.5. The second-order valence-corrected chi connectivity index (χ2v) is 9.30. The zero-order valence-electron chi connectivity index (χ0n) is 21.8. The number of halogens is 3. The highest BCUT2D eigenvalue weighted by Gasteiger charge is 2.34. The average Bonchev–Trinajstić information content (AvgIpc) is 3.39. The van der Waals surface area contributed by atoms with E-state index >= 15 is 0 Å². The number of ether oxygens (including phenoxy) is 1. The number of alkyl halides is 3. The van der Waals surface area contributed by atoms with Crippen LogP contribution in [-0.2, 0) is 12.7 Å². The highest BCUT2D eigenvalue weighted by Crippen LogP contribution is 2.37. The van der Waals surface area contributed by atoms with E-state index in [4.69, 9.17) is 14.9 Å². The lowest BCUT2D eigenvalue weighted by atomic mass is 10.1. The molecule has 12 heteroatoms. The van der Waals surface area contributed by atoms with Crippen LogP contribution in [0.25, 0.3) is 22.4 Å².